The van der Waals surface area contributed by atoms with Crippen molar-refractivity contribution in [2.24, 2.45) is 0 Å². The third kappa shape index (κ3) is 3.55. The van der Waals surface area contributed by atoms with Gasteiger partial charge in [0.2, 0.25) is 17.7 Å². The summed E-state index contributed by atoms with van der Waals surface area (Å²) < 4.78 is 0. The molecule has 0 bridgehead atoms. The molecule has 0 aromatic carbocycles. The number of hydrogen-bond donors (Lipinski definition) is 4. The van der Waals surface area contributed by atoms with Gasteiger partial charge < -0.3 is 21.3 Å². The van der Waals surface area contributed by atoms with Crippen LogP contribution in [-0.2, 0) is 14.4 Å². The summed E-state index contributed by atoms with van der Waals surface area (Å²) in [5.74, 6) is -0.862. The summed E-state index contributed by atoms with van der Waals surface area (Å²) in [7, 11) is 1.48. The molecule has 0 aromatic rings. The van der Waals surface area contributed by atoms with Gasteiger partial charge in [-0.3, -0.25) is 14.4 Å². The van der Waals surface area contributed by atoms with E-state index in [1.54, 1.807) is 0 Å². The molecular formula is C8H14N4O3. The molecule has 0 aliphatic carbocycles. The third-order valence-electron chi connectivity index (χ3n) is 1.99. The second kappa shape index (κ2) is 5.30. The van der Waals surface area contributed by atoms with E-state index in [0.29, 0.717) is 6.54 Å². The fourth-order valence-corrected chi connectivity index (χ4v) is 1.16. The Hall–Kier alpha value is -1.63. The van der Waals surface area contributed by atoms with Crippen LogP contribution in [0.2, 0.25) is 0 Å². The molecule has 7 heteroatoms. The van der Waals surface area contributed by atoms with Crippen molar-refractivity contribution >= 4 is 17.7 Å². The molecule has 15 heavy (non-hydrogen) atoms. The van der Waals surface area contributed by atoms with Crippen LogP contribution < -0.4 is 21.3 Å². The van der Waals surface area contributed by atoms with E-state index in [0.717, 1.165) is 0 Å². The topological polar surface area (TPSA) is 99.3 Å². The predicted octanol–water partition coefficient (Wildman–Crippen LogP) is -3.06. The van der Waals surface area contributed by atoms with E-state index in [4.69, 9.17) is 0 Å². The number of amides is 3. The molecule has 1 aliphatic rings. The SMILES string of the molecule is CNC(=O)CNC(=O)C1CNCC(=O)N1. The van der Waals surface area contributed by atoms with E-state index in [-0.39, 0.29) is 30.8 Å². The van der Waals surface area contributed by atoms with Crippen LogP contribution in [0.3, 0.4) is 0 Å². The van der Waals surface area contributed by atoms with Gasteiger partial charge in [-0.1, -0.05) is 0 Å². The van der Waals surface area contributed by atoms with Crippen molar-refractivity contribution in [2.75, 3.05) is 26.7 Å². The number of piperazine rings is 1. The third-order valence-corrected chi connectivity index (χ3v) is 1.99. The van der Waals surface area contributed by atoms with Crippen molar-refractivity contribution < 1.29 is 14.4 Å². The fraction of sp³-hybridized carbons (Fsp3) is 0.625. The van der Waals surface area contributed by atoms with Crippen molar-refractivity contribution in [3.05, 3.63) is 0 Å². The number of likely N-dealkylation sites (N-methyl/N-ethyl adjacent to an activating group) is 1. The summed E-state index contributed by atoms with van der Waals surface area (Å²) in [6.07, 6.45) is 0. The largest absolute Gasteiger partial charge is 0.358 e. The molecule has 0 radical (unpaired) electrons. The maximum atomic E-state index is 11.4. The highest BCUT2D eigenvalue weighted by Gasteiger charge is 2.24. The molecule has 0 spiro atoms. The van der Waals surface area contributed by atoms with Gasteiger partial charge in [0, 0.05) is 13.6 Å². The number of rotatable bonds is 3. The second-order valence-corrected chi connectivity index (χ2v) is 3.14. The lowest BCUT2D eigenvalue weighted by molar-refractivity contribution is -0.131. The van der Waals surface area contributed by atoms with Gasteiger partial charge in [-0.2, -0.15) is 0 Å². The van der Waals surface area contributed by atoms with Gasteiger partial charge in [0.1, 0.15) is 6.04 Å². The monoisotopic (exact) mass is 214 g/mol. The Labute approximate surface area is 87.0 Å². The van der Waals surface area contributed by atoms with Gasteiger partial charge in [0.15, 0.2) is 0 Å². The standard InChI is InChI=1S/C8H14N4O3/c1-9-6(13)4-11-8(15)5-2-10-3-7(14)12-5/h5,10H,2-4H2,1H3,(H,9,13)(H,11,15)(H,12,14). The minimum Gasteiger partial charge on any atom is -0.358 e. The Balaban J connectivity index is 2.33. The van der Waals surface area contributed by atoms with Crippen LogP contribution in [0, 0.1) is 0 Å². The van der Waals surface area contributed by atoms with Crippen molar-refractivity contribution in [2.45, 2.75) is 6.04 Å². The average molecular weight is 214 g/mol. The van der Waals surface area contributed by atoms with E-state index < -0.39 is 6.04 Å². The van der Waals surface area contributed by atoms with Gasteiger partial charge in [-0.25, -0.2) is 0 Å². The summed E-state index contributed by atoms with van der Waals surface area (Å²) in [4.78, 5) is 33.2. The van der Waals surface area contributed by atoms with Gasteiger partial charge in [-0.15, -0.1) is 0 Å². The van der Waals surface area contributed by atoms with Crippen molar-refractivity contribution in [1.82, 2.24) is 21.3 Å². The highest BCUT2D eigenvalue weighted by molar-refractivity contribution is 5.91. The highest BCUT2D eigenvalue weighted by atomic mass is 16.2. The second-order valence-electron chi connectivity index (χ2n) is 3.14. The number of carbonyl (C=O) groups is 3. The highest BCUT2D eigenvalue weighted by Crippen LogP contribution is 1.88. The molecule has 1 heterocycles. The average Bonchev–Trinajstić information content (AvgIpc) is 2.25. The van der Waals surface area contributed by atoms with E-state index >= 15 is 0 Å². The Morgan fingerprint density at radius 1 is 1.53 bits per heavy atom. The van der Waals surface area contributed by atoms with Crippen LogP contribution in [0.25, 0.3) is 0 Å². The van der Waals surface area contributed by atoms with E-state index in [1.165, 1.54) is 7.05 Å². The molecule has 7 nitrogen and oxygen atoms in total. The van der Waals surface area contributed by atoms with Gasteiger partial charge >= 0.3 is 0 Å². The molecule has 84 valence electrons. The first-order valence-corrected chi connectivity index (χ1v) is 4.62. The zero-order valence-corrected chi connectivity index (χ0v) is 8.42. The quantitative estimate of drug-likeness (QED) is 0.401. The van der Waals surface area contributed by atoms with Gasteiger partial charge in [0.25, 0.3) is 0 Å². The predicted molar refractivity (Wildman–Crippen MR) is 51.9 cm³/mol. The van der Waals surface area contributed by atoms with Crippen LogP contribution in [0.15, 0.2) is 0 Å². The molecule has 1 fully saturated rings. The first kappa shape index (κ1) is 11.4. The Bertz CT molecular complexity index is 279. The summed E-state index contributed by atoms with van der Waals surface area (Å²) in [6.45, 7) is 0.520. The lowest BCUT2D eigenvalue weighted by Gasteiger charge is -2.23. The van der Waals surface area contributed by atoms with Crippen LogP contribution >= 0.6 is 0 Å². The van der Waals surface area contributed by atoms with E-state index in [2.05, 4.69) is 21.3 Å². The summed E-state index contributed by atoms with van der Waals surface area (Å²) in [6, 6.07) is -0.601. The lowest BCUT2D eigenvalue weighted by atomic mass is 10.2. The molecule has 1 unspecified atom stereocenters. The van der Waals surface area contributed by atoms with Crippen molar-refractivity contribution in [1.29, 1.82) is 0 Å². The van der Waals surface area contributed by atoms with E-state index in [1.807, 2.05) is 0 Å². The van der Waals surface area contributed by atoms with Crippen molar-refractivity contribution in [3.63, 3.8) is 0 Å². The summed E-state index contributed by atoms with van der Waals surface area (Å²) in [5, 5.41) is 10.1. The molecule has 1 rings (SSSR count). The maximum absolute atomic E-state index is 11.4. The molecule has 1 aliphatic heterocycles. The molecule has 3 amide bonds. The Kier molecular flexibility index (Phi) is 4.04. The normalized spacial score (nSPS) is 20.3. The first-order valence-electron chi connectivity index (χ1n) is 4.62. The first-order chi connectivity index (χ1) is 7.13. The Morgan fingerprint density at radius 3 is 2.87 bits per heavy atom. The van der Waals surface area contributed by atoms with Crippen molar-refractivity contribution in [3.8, 4) is 0 Å². The zero-order valence-electron chi connectivity index (χ0n) is 8.42. The molecule has 1 atom stereocenters. The lowest BCUT2D eigenvalue weighted by Crippen LogP contribution is -2.59. The Morgan fingerprint density at radius 2 is 2.27 bits per heavy atom. The minimum atomic E-state index is -0.601. The van der Waals surface area contributed by atoms with Crippen LogP contribution in [0.5, 0.6) is 0 Å². The van der Waals surface area contributed by atoms with E-state index in [9.17, 15) is 14.4 Å². The summed E-state index contributed by atoms with van der Waals surface area (Å²) >= 11 is 0. The molecule has 1 saturated heterocycles. The molecule has 4 N–H and O–H groups in total. The van der Waals surface area contributed by atoms with Crippen LogP contribution in [0.1, 0.15) is 0 Å². The minimum absolute atomic E-state index is 0.0816. The number of nitrogens with one attached hydrogen (secondary N) is 4. The smallest absolute Gasteiger partial charge is 0.244 e. The van der Waals surface area contributed by atoms with Gasteiger partial charge in [-0.05, 0) is 0 Å². The molecular weight excluding hydrogens is 200 g/mol. The summed E-state index contributed by atoms with van der Waals surface area (Å²) in [5.41, 5.74) is 0. The molecule has 0 saturated carbocycles. The van der Waals surface area contributed by atoms with Crippen LogP contribution in [-0.4, -0.2) is 50.4 Å². The van der Waals surface area contributed by atoms with Crippen LogP contribution in [0.4, 0.5) is 0 Å². The zero-order chi connectivity index (χ0) is 11.3. The maximum Gasteiger partial charge on any atom is 0.244 e. The molecule has 0 aromatic heterocycles. The fourth-order valence-electron chi connectivity index (χ4n) is 1.16. The van der Waals surface area contributed by atoms with Gasteiger partial charge in [0.05, 0.1) is 13.1 Å². The number of carbonyl (C=O) groups excluding carboxylic acids is 3. The number of hydrogen-bond acceptors (Lipinski definition) is 4.